The van der Waals surface area contributed by atoms with Crippen molar-refractivity contribution in [3.63, 3.8) is 0 Å². The highest BCUT2D eigenvalue weighted by molar-refractivity contribution is 6.28. The number of aromatic nitrogens is 5. The van der Waals surface area contributed by atoms with Crippen LogP contribution in [-0.2, 0) is 9.63 Å². The molecule has 0 saturated carbocycles. The topological polar surface area (TPSA) is 121 Å². The van der Waals surface area contributed by atoms with Gasteiger partial charge in [-0.25, -0.2) is 9.48 Å². The van der Waals surface area contributed by atoms with E-state index < -0.39 is 11.8 Å². The molecule has 1 aliphatic rings. The van der Waals surface area contributed by atoms with Crippen LogP contribution in [0.25, 0.3) is 5.69 Å². The predicted octanol–water partition coefficient (Wildman–Crippen LogP) is 0.984. The van der Waals surface area contributed by atoms with Crippen LogP contribution in [0.1, 0.15) is 46.1 Å². The fourth-order valence-corrected chi connectivity index (χ4v) is 2.61. The fraction of sp³-hybridized carbons (Fsp3) is 0.118. The summed E-state index contributed by atoms with van der Waals surface area (Å²) in [6.07, 6.45) is 1.35. The molecule has 0 amide bonds. The van der Waals surface area contributed by atoms with Gasteiger partial charge in [-0.2, -0.15) is 9.90 Å². The van der Waals surface area contributed by atoms with Crippen LogP contribution in [0.3, 0.4) is 0 Å². The van der Waals surface area contributed by atoms with Crippen molar-refractivity contribution in [3.05, 3.63) is 59.2 Å². The maximum absolute atomic E-state index is 12.8. The molecule has 0 atom stereocenters. The summed E-state index contributed by atoms with van der Waals surface area (Å²) in [5.41, 5.74) is 1.11. The summed E-state index contributed by atoms with van der Waals surface area (Å²) in [4.78, 5) is 41.7. The van der Waals surface area contributed by atoms with Crippen molar-refractivity contribution in [2.45, 2.75) is 13.8 Å². The van der Waals surface area contributed by atoms with E-state index in [1.165, 1.54) is 24.8 Å². The predicted molar refractivity (Wildman–Crippen MR) is 90.7 cm³/mol. The number of ketones is 1. The SMILES string of the molecule is CC(=O)ON=C1c2cn(C(C)=O)nc2C(=O)c2nn(-c3ccccc3)nc21. The van der Waals surface area contributed by atoms with E-state index in [1.54, 1.807) is 24.3 Å². The second-order valence-corrected chi connectivity index (χ2v) is 5.73. The second kappa shape index (κ2) is 6.09. The lowest BCUT2D eigenvalue weighted by Gasteiger charge is -2.08. The van der Waals surface area contributed by atoms with Crippen LogP contribution >= 0.6 is 0 Å². The van der Waals surface area contributed by atoms with Gasteiger partial charge in [-0.15, -0.1) is 10.2 Å². The molecule has 4 rings (SSSR count). The van der Waals surface area contributed by atoms with E-state index in [0.29, 0.717) is 5.69 Å². The number of carbonyl (C=O) groups excluding carboxylic acids is 3. The number of oxime groups is 1. The zero-order valence-corrected chi connectivity index (χ0v) is 14.3. The number of carbonyl (C=O) groups is 3. The highest BCUT2D eigenvalue weighted by atomic mass is 16.7. The molecule has 1 aromatic carbocycles. The van der Waals surface area contributed by atoms with E-state index >= 15 is 0 Å². The third-order valence-electron chi connectivity index (χ3n) is 3.81. The monoisotopic (exact) mass is 364 g/mol. The van der Waals surface area contributed by atoms with E-state index in [1.807, 2.05) is 6.07 Å². The van der Waals surface area contributed by atoms with Gasteiger partial charge in [-0.3, -0.25) is 9.59 Å². The summed E-state index contributed by atoms with van der Waals surface area (Å²) < 4.78 is 1.02. The molecule has 0 spiro atoms. The molecule has 3 aromatic rings. The first kappa shape index (κ1) is 16.5. The van der Waals surface area contributed by atoms with Crippen molar-refractivity contribution in [1.82, 2.24) is 24.8 Å². The van der Waals surface area contributed by atoms with E-state index in [2.05, 4.69) is 20.5 Å². The Bertz CT molecular complexity index is 1130. The number of benzene rings is 1. The lowest BCUT2D eigenvalue weighted by Crippen LogP contribution is -2.21. The van der Waals surface area contributed by atoms with E-state index in [-0.39, 0.29) is 34.3 Å². The standard InChI is InChI=1S/C17H12N6O4/c1-9(24)22-8-12-13(21-27-10(2)25)15-16(17(26)14(12)18-22)20-23(19-15)11-6-4-3-5-7-11/h3-8H,1-2H3. The number of nitrogens with zero attached hydrogens (tertiary/aromatic N) is 6. The lowest BCUT2D eigenvalue weighted by atomic mass is 9.96. The van der Waals surface area contributed by atoms with Crippen LogP contribution < -0.4 is 0 Å². The summed E-state index contributed by atoms with van der Waals surface area (Å²) in [5.74, 6) is -1.52. The molecule has 2 aromatic heterocycles. The average molecular weight is 364 g/mol. The summed E-state index contributed by atoms with van der Waals surface area (Å²) in [6, 6.07) is 8.99. The van der Waals surface area contributed by atoms with Crippen molar-refractivity contribution in [1.29, 1.82) is 0 Å². The van der Waals surface area contributed by atoms with Crippen molar-refractivity contribution in [2.24, 2.45) is 5.16 Å². The van der Waals surface area contributed by atoms with Gasteiger partial charge in [0, 0.05) is 20.0 Å². The summed E-state index contributed by atoms with van der Waals surface area (Å²) in [6.45, 7) is 2.50. The van der Waals surface area contributed by atoms with Gasteiger partial charge in [0.25, 0.3) is 0 Å². The number of rotatable bonds is 2. The number of hydrogen-bond acceptors (Lipinski definition) is 8. The van der Waals surface area contributed by atoms with Gasteiger partial charge in [-0.1, -0.05) is 23.4 Å². The molecule has 0 aliphatic heterocycles. The van der Waals surface area contributed by atoms with Gasteiger partial charge in [0.05, 0.1) is 11.3 Å². The third-order valence-corrected chi connectivity index (χ3v) is 3.81. The summed E-state index contributed by atoms with van der Waals surface area (Å²) >= 11 is 0. The van der Waals surface area contributed by atoms with Crippen molar-refractivity contribution < 1.29 is 19.2 Å². The van der Waals surface area contributed by atoms with Gasteiger partial charge in [0.2, 0.25) is 11.7 Å². The molecule has 0 fully saturated rings. The molecule has 10 heteroatoms. The molecule has 134 valence electrons. The molecule has 10 nitrogen and oxygen atoms in total. The largest absolute Gasteiger partial charge is 0.332 e. The van der Waals surface area contributed by atoms with Crippen LogP contribution in [0.15, 0.2) is 41.7 Å². The molecule has 0 radical (unpaired) electrons. The van der Waals surface area contributed by atoms with Crippen LogP contribution in [0, 0.1) is 0 Å². The molecular formula is C17H12N6O4. The second-order valence-electron chi connectivity index (χ2n) is 5.73. The summed E-state index contributed by atoms with van der Waals surface area (Å²) in [7, 11) is 0. The quantitative estimate of drug-likeness (QED) is 0.384. The summed E-state index contributed by atoms with van der Waals surface area (Å²) in [5, 5.41) is 16.4. The van der Waals surface area contributed by atoms with Gasteiger partial charge in [-0.05, 0) is 12.1 Å². The van der Waals surface area contributed by atoms with Crippen LogP contribution in [0.2, 0.25) is 0 Å². The van der Waals surface area contributed by atoms with Gasteiger partial charge >= 0.3 is 5.97 Å². The molecule has 0 N–H and O–H groups in total. The van der Waals surface area contributed by atoms with Crippen LogP contribution in [-0.4, -0.2) is 48.1 Å². The fourth-order valence-electron chi connectivity index (χ4n) is 2.61. The Hall–Kier alpha value is -3.95. The van der Waals surface area contributed by atoms with E-state index in [0.717, 1.165) is 4.68 Å². The van der Waals surface area contributed by atoms with Crippen LogP contribution in [0.4, 0.5) is 0 Å². The molecule has 0 unspecified atom stereocenters. The number of fused-ring (bicyclic) bond motifs is 2. The van der Waals surface area contributed by atoms with Crippen molar-refractivity contribution in [2.75, 3.05) is 0 Å². The minimum absolute atomic E-state index is 0.00561. The Morgan fingerprint density at radius 2 is 1.70 bits per heavy atom. The Morgan fingerprint density at radius 1 is 1.00 bits per heavy atom. The third kappa shape index (κ3) is 2.72. The van der Waals surface area contributed by atoms with E-state index in [4.69, 9.17) is 4.84 Å². The molecule has 27 heavy (non-hydrogen) atoms. The minimum Gasteiger partial charge on any atom is -0.318 e. The molecular weight excluding hydrogens is 352 g/mol. The maximum atomic E-state index is 12.8. The maximum Gasteiger partial charge on any atom is 0.332 e. The lowest BCUT2D eigenvalue weighted by molar-refractivity contribution is -0.140. The van der Waals surface area contributed by atoms with Gasteiger partial charge < -0.3 is 4.84 Å². The van der Waals surface area contributed by atoms with Crippen molar-refractivity contribution in [3.8, 4) is 5.69 Å². The Morgan fingerprint density at radius 3 is 2.37 bits per heavy atom. The molecule has 2 heterocycles. The zero-order valence-electron chi connectivity index (χ0n) is 14.3. The van der Waals surface area contributed by atoms with Crippen LogP contribution in [0.5, 0.6) is 0 Å². The van der Waals surface area contributed by atoms with Crippen molar-refractivity contribution >= 4 is 23.4 Å². The average Bonchev–Trinajstić information content (AvgIpc) is 3.27. The Balaban J connectivity index is 1.91. The van der Waals surface area contributed by atoms with Gasteiger partial charge in [0.1, 0.15) is 17.1 Å². The number of para-hydroxylation sites is 1. The Kier molecular flexibility index (Phi) is 3.73. The normalized spacial score (nSPS) is 14.0. The smallest absolute Gasteiger partial charge is 0.318 e. The number of hydrogen-bond donors (Lipinski definition) is 0. The minimum atomic E-state index is -0.642. The molecule has 0 bridgehead atoms. The van der Waals surface area contributed by atoms with Gasteiger partial charge in [0.15, 0.2) is 5.69 Å². The first-order valence-electron chi connectivity index (χ1n) is 7.90. The molecule has 1 aliphatic carbocycles. The first-order chi connectivity index (χ1) is 13.0. The van der Waals surface area contributed by atoms with E-state index in [9.17, 15) is 14.4 Å². The highest BCUT2D eigenvalue weighted by Gasteiger charge is 2.37. The first-order valence-corrected chi connectivity index (χ1v) is 7.90. The highest BCUT2D eigenvalue weighted by Crippen LogP contribution is 2.25. The molecule has 0 saturated heterocycles. The zero-order chi connectivity index (χ0) is 19.1. The Labute approximate surface area is 152 Å².